The Hall–Kier alpha value is -2.84. The fourth-order valence-corrected chi connectivity index (χ4v) is 2.84. The topological polar surface area (TPSA) is 105 Å². The number of nitrogens with zero attached hydrogens (tertiary/aromatic N) is 2. The Bertz CT molecular complexity index is 951. The molecule has 0 spiro atoms. The molecule has 0 unspecified atom stereocenters. The van der Waals surface area contributed by atoms with Crippen molar-refractivity contribution < 1.29 is 4.79 Å². The van der Waals surface area contributed by atoms with Crippen LogP contribution in [0.2, 0.25) is 5.02 Å². The van der Waals surface area contributed by atoms with Gasteiger partial charge in [0.15, 0.2) is 11.6 Å². The maximum Gasteiger partial charge on any atom is 0.270 e. The fourth-order valence-electron chi connectivity index (χ4n) is 2.25. The van der Waals surface area contributed by atoms with Gasteiger partial charge in [0, 0.05) is 16.0 Å². The van der Waals surface area contributed by atoms with Gasteiger partial charge in [-0.2, -0.15) is 0 Å². The summed E-state index contributed by atoms with van der Waals surface area (Å²) in [5, 5.41) is 3.81. The van der Waals surface area contributed by atoms with E-state index in [1.165, 1.54) is 6.33 Å². The van der Waals surface area contributed by atoms with E-state index in [4.69, 9.17) is 17.3 Å². The third kappa shape index (κ3) is 4.87. The van der Waals surface area contributed by atoms with Gasteiger partial charge in [0.25, 0.3) is 5.91 Å². The molecule has 7 nitrogen and oxygen atoms in total. The van der Waals surface area contributed by atoms with Gasteiger partial charge < -0.3 is 11.1 Å². The van der Waals surface area contributed by atoms with E-state index in [9.17, 15) is 4.79 Å². The number of nitrogens with one attached hydrogen (secondary N) is 3. The standard InChI is InChI=1S/C18H16BrClN6O/c19-14-4-2-1-3-13(14)18(27)26-25-17-15(21)16(23-10-24-17)22-9-11-5-7-12(20)8-6-11/h1-8,10H,9,21H2,(H,26,27)(H2,22,23,24,25). The summed E-state index contributed by atoms with van der Waals surface area (Å²) in [6.45, 7) is 0.515. The van der Waals surface area contributed by atoms with Crippen molar-refractivity contribution in [2.75, 3.05) is 16.5 Å². The molecule has 0 aliphatic carbocycles. The third-order valence-electron chi connectivity index (χ3n) is 3.67. The highest BCUT2D eigenvalue weighted by Gasteiger charge is 2.12. The summed E-state index contributed by atoms with van der Waals surface area (Å²) in [4.78, 5) is 20.5. The van der Waals surface area contributed by atoms with Crippen LogP contribution in [0.5, 0.6) is 0 Å². The summed E-state index contributed by atoms with van der Waals surface area (Å²) >= 11 is 9.22. The van der Waals surface area contributed by atoms with Crippen LogP contribution in [0, 0.1) is 0 Å². The monoisotopic (exact) mass is 446 g/mol. The number of nitrogens with two attached hydrogens (primary N) is 1. The summed E-state index contributed by atoms with van der Waals surface area (Å²) in [5.41, 5.74) is 13.2. The molecule has 0 radical (unpaired) electrons. The normalized spacial score (nSPS) is 10.3. The Morgan fingerprint density at radius 2 is 1.78 bits per heavy atom. The summed E-state index contributed by atoms with van der Waals surface area (Å²) < 4.78 is 0.685. The number of carbonyl (C=O) groups excluding carboxylic acids is 1. The SMILES string of the molecule is Nc1c(NCc2ccc(Cl)cc2)ncnc1NNC(=O)c1ccccc1Br. The number of anilines is 3. The molecule has 1 aromatic heterocycles. The maximum absolute atomic E-state index is 12.3. The molecule has 0 fully saturated rings. The number of hydrogen-bond donors (Lipinski definition) is 4. The first-order valence-corrected chi connectivity index (χ1v) is 9.11. The molecule has 2 aromatic carbocycles. The predicted molar refractivity (Wildman–Crippen MR) is 110 cm³/mol. The molecule has 3 rings (SSSR count). The lowest BCUT2D eigenvalue weighted by Crippen LogP contribution is -2.30. The quantitative estimate of drug-likeness (QED) is 0.428. The number of carbonyl (C=O) groups is 1. The van der Waals surface area contributed by atoms with E-state index >= 15 is 0 Å². The number of nitrogen functional groups attached to an aromatic ring is 1. The second-order valence-electron chi connectivity index (χ2n) is 5.52. The third-order valence-corrected chi connectivity index (χ3v) is 4.61. The number of aromatic nitrogens is 2. The molecule has 0 bridgehead atoms. The molecule has 3 aromatic rings. The molecule has 9 heteroatoms. The zero-order valence-electron chi connectivity index (χ0n) is 14.0. The molecule has 5 N–H and O–H groups in total. The van der Waals surface area contributed by atoms with Crippen LogP contribution in [0.4, 0.5) is 17.3 Å². The van der Waals surface area contributed by atoms with E-state index in [1.807, 2.05) is 30.3 Å². The highest BCUT2D eigenvalue weighted by atomic mass is 79.9. The zero-order chi connectivity index (χ0) is 19.2. The van der Waals surface area contributed by atoms with Gasteiger partial charge in [-0.25, -0.2) is 9.97 Å². The van der Waals surface area contributed by atoms with E-state index in [1.54, 1.807) is 18.2 Å². The summed E-state index contributed by atoms with van der Waals surface area (Å²) in [7, 11) is 0. The molecule has 1 heterocycles. The zero-order valence-corrected chi connectivity index (χ0v) is 16.4. The van der Waals surface area contributed by atoms with E-state index in [0.29, 0.717) is 38.9 Å². The van der Waals surface area contributed by atoms with Crippen LogP contribution in [-0.2, 0) is 6.54 Å². The summed E-state index contributed by atoms with van der Waals surface area (Å²) in [6.07, 6.45) is 1.35. The average molecular weight is 448 g/mol. The van der Waals surface area contributed by atoms with Gasteiger partial charge in [0.1, 0.15) is 12.0 Å². The van der Waals surface area contributed by atoms with Crippen LogP contribution in [-0.4, -0.2) is 15.9 Å². The van der Waals surface area contributed by atoms with Crippen LogP contribution in [0.25, 0.3) is 0 Å². The Morgan fingerprint density at radius 3 is 2.52 bits per heavy atom. The summed E-state index contributed by atoms with van der Waals surface area (Å²) in [6, 6.07) is 14.5. The van der Waals surface area contributed by atoms with Gasteiger partial charge in [-0.15, -0.1) is 0 Å². The number of hydrazine groups is 1. The second kappa shape index (κ2) is 8.70. The van der Waals surface area contributed by atoms with Gasteiger partial charge in [-0.3, -0.25) is 15.6 Å². The van der Waals surface area contributed by atoms with Crippen molar-refractivity contribution >= 4 is 50.8 Å². The average Bonchev–Trinajstić information content (AvgIpc) is 2.67. The largest absolute Gasteiger partial charge is 0.393 e. The van der Waals surface area contributed by atoms with Crippen LogP contribution in [0.3, 0.4) is 0 Å². The number of halogens is 2. The van der Waals surface area contributed by atoms with Crippen molar-refractivity contribution in [3.63, 3.8) is 0 Å². The van der Waals surface area contributed by atoms with Crippen molar-refractivity contribution in [3.8, 4) is 0 Å². The van der Waals surface area contributed by atoms with Crippen molar-refractivity contribution in [2.24, 2.45) is 0 Å². The number of hydrogen-bond acceptors (Lipinski definition) is 6. The first-order valence-electron chi connectivity index (χ1n) is 7.94. The molecule has 0 saturated heterocycles. The minimum atomic E-state index is -0.323. The summed E-state index contributed by atoms with van der Waals surface area (Å²) in [5.74, 6) is 0.428. The lowest BCUT2D eigenvalue weighted by Gasteiger charge is -2.13. The first-order chi connectivity index (χ1) is 13.0. The lowest BCUT2D eigenvalue weighted by molar-refractivity contribution is 0.0962. The molecule has 1 amide bonds. The van der Waals surface area contributed by atoms with Gasteiger partial charge >= 0.3 is 0 Å². The van der Waals surface area contributed by atoms with Crippen LogP contribution >= 0.6 is 27.5 Å². The van der Waals surface area contributed by atoms with Gasteiger partial charge in [0.05, 0.1) is 5.56 Å². The van der Waals surface area contributed by atoms with E-state index < -0.39 is 0 Å². The Morgan fingerprint density at radius 1 is 1.07 bits per heavy atom. The minimum absolute atomic E-state index is 0.291. The molecule has 0 saturated carbocycles. The van der Waals surface area contributed by atoms with E-state index in [-0.39, 0.29) is 5.91 Å². The Balaban J connectivity index is 1.65. The molecule has 27 heavy (non-hydrogen) atoms. The fraction of sp³-hybridized carbons (Fsp3) is 0.0556. The smallest absolute Gasteiger partial charge is 0.270 e. The number of rotatable bonds is 6. The van der Waals surface area contributed by atoms with Gasteiger partial charge in [-0.05, 0) is 45.8 Å². The first kappa shape index (κ1) is 18.9. The van der Waals surface area contributed by atoms with Crippen LogP contribution < -0.4 is 21.9 Å². The second-order valence-corrected chi connectivity index (χ2v) is 6.81. The van der Waals surface area contributed by atoms with Crippen molar-refractivity contribution in [1.29, 1.82) is 0 Å². The molecule has 0 aliphatic heterocycles. The van der Waals surface area contributed by atoms with Crippen molar-refractivity contribution in [2.45, 2.75) is 6.54 Å². The molecular formula is C18H16BrClN6O. The Kier molecular flexibility index (Phi) is 6.10. The van der Waals surface area contributed by atoms with Crippen LogP contribution in [0.1, 0.15) is 15.9 Å². The molecular weight excluding hydrogens is 432 g/mol. The lowest BCUT2D eigenvalue weighted by atomic mass is 10.2. The van der Waals surface area contributed by atoms with E-state index in [0.717, 1.165) is 5.56 Å². The number of amides is 1. The minimum Gasteiger partial charge on any atom is -0.393 e. The highest BCUT2D eigenvalue weighted by Crippen LogP contribution is 2.23. The maximum atomic E-state index is 12.3. The van der Waals surface area contributed by atoms with Crippen LogP contribution in [0.15, 0.2) is 59.3 Å². The van der Waals surface area contributed by atoms with Crippen molar-refractivity contribution in [1.82, 2.24) is 15.4 Å². The molecule has 138 valence electrons. The van der Waals surface area contributed by atoms with Gasteiger partial charge in [-0.1, -0.05) is 35.9 Å². The van der Waals surface area contributed by atoms with Crippen molar-refractivity contribution in [3.05, 3.63) is 75.5 Å². The molecule has 0 aliphatic rings. The van der Waals surface area contributed by atoms with E-state index in [2.05, 4.69) is 42.1 Å². The predicted octanol–water partition coefficient (Wildman–Crippen LogP) is 3.84. The Labute approximate surface area is 169 Å². The van der Waals surface area contributed by atoms with Gasteiger partial charge in [0.2, 0.25) is 0 Å². The number of benzene rings is 2. The molecule has 0 atom stereocenters. The highest BCUT2D eigenvalue weighted by molar-refractivity contribution is 9.10.